The Kier molecular flexibility index (Phi) is 8.64. The number of carbonyl (C=O) groups excluding carboxylic acids is 2. The number of Topliss-reactive ketones (excluding diaryl/α,β-unsaturated/α-hetero) is 1. The van der Waals surface area contributed by atoms with Gasteiger partial charge in [0.1, 0.15) is 6.61 Å². The minimum atomic E-state index is -0.457. The first-order valence-corrected chi connectivity index (χ1v) is 13.8. The number of aryl methyl sites for hydroxylation is 1. The Morgan fingerprint density at radius 2 is 1.81 bits per heavy atom. The maximum Gasteiger partial charge on any atom is 0.336 e. The van der Waals surface area contributed by atoms with Gasteiger partial charge in [0.15, 0.2) is 17.3 Å². The molecule has 0 fully saturated rings. The number of rotatable bonds is 9. The summed E-state index contributed by atoms with van der Waals surface area (Å²) < 4.78 is 16.5. The topological polar surface area (TPSA) is 73.9 Å². The third-order valence-electron chi connectivity index (χ3n) is 6.97. The molecule has 4 rings (SSSR count). The van der Waals surface area contributed by atoms with Crippen molar-refractivity contribution in [3.63, 3.8) is 0 Å². The Morgan fingerprint density at radius 3 is 2.51 bits per heavy atom. The molecule has 0 bridgehead atoms. The number of ether oxygens (including phenoxy) is 3. The number of thioether (sulfide) groups is 1. The first kappa shape index (κ1) is 26.9. The molecule has 2 aromatic rings. The van der Waals surface area contributed by atoms with Gasteiger partial charge >= 0.3 is 5.97 Å². The summed E-state index contributed by atoms with van der Waals surface area (Å²) in [4.78, 5) is 27.1. The Bertz CT molecular complexity index is 1250. The zero-order valence-electron chi connectivity index (χ0n) is 22.2. The lowest BCUT2D eigenvalue weighted by Gasteiger charge is -2.37. The van der Waals surface area contributed by atoms with Crippen LogP contribution in [0, 0.1) is 6.92 Å². The predicted molar refractivity (Wildman–Crippen MR) is 147 cm³/mol. The van der Waals surface area contributed by atoms with E-state index in [1.807, 2.05) is 50.2 Å². The lowest BCUT2D eigenvalue weighted by atomic mass is 9.71. The molecule has 0 saturated heterocycles. The van der Waals surface area contributed by atoms with Crippen molar-refractivity contribution in [1.82, 2.24) is 5.32 Å². The summed E-state index contributed by atoms with van der Waals surface area (Å²) in [5.41, 5.74) is 5.83. The van der Waals surface area contributed by atoms with Gasteiger partial charge in [0, 0.05) is 35.1 Å². The average molecular weight is 522 g/mol. The van der Waals surface area contributed by atoms with Crippen LogP contribution in [-0.2, 0) is 14.3 Å². The minimum absolute atomic E-state index is 0.0101. The summed E-state index contributed by atoms with van der Waals surface area (Å²) in [5, 5.41) is 3.42. The highest BCUT2D eigenvalue weighted by atomic mass is 32.2. The molecule has 37 heavy (non-hydrogen) atoms. The lowest BCUT2D eigenvalue weighted by molar-refractivity contribution is -0.138. The number of ketones is 1. The van der Waals surface area contributed by atoms with Gasteiger partial charge in [0.05, 0.1) is 19.8 Å². The fourth-order valence-electron chi connectivity index (χ4n) is 5.25. The van der Waals surface area contributed by atoms with Crippen LogP contribution in [0.4, 0.5) is 0 Å². The van der Waals surface area contributed by atoms with Crippen molar-refractivity contribution in [2.75, 3.05) is 32.3 Å². The molecule has 0 unspecified atom stereocenters. The SMILES string of the molecule is CCSCCOC(=O)C1=C(C)NC2=C(C(=O)C[C@H](c3ccc(OC)c(OC)c3)C2)[C@H]1c1cccc(C)c1. The van der Waals surface area contributed by atoms with Crippen molar-refractivity contribution in [2.24, 2.45) is 0 Å². The standard InChI is InChI=1S/C30H35NO5S/c1-6-37-13-12-36-30(33)27-19(3)31-23-15-22(20-10-11-25(34-4)26(17-20)35-5)16-24(32)29(23)28(27)21-9-7-8-18(2)14-21/h7-11,14,17,22,28,31H,6,12-13,15-16H2,1-5H3/t22-,28+/m1/s1. The fourth-order valence-corrected chi connectivity index (χ4v) is 5.74. The number of allylic oxidation sites excluding steroid dienone is 3. The molecule has 1 N–H and O–H groups in total. The van der Waals surface area contributed by atoms with Crippen molar-refractivity contribution < 1.29 is 23.8 Å². The Hall–Kier alpha value is -3.19. The molecule has 1 heterocycles. The van der Waals surface area contributed by atoms with Crippen molar-refractivity contribution in [1.29, 1.82) is 0 Å². The smallest absolute Gasteiger partial charge is 0.336 e. The second-order valence-corrected chi connectivity index (χ2v) is 10.8. The van der Waals surface area contributed by atoms with Gasteiger partial charge in [-0.2, -0.15) is 11.8 Å². The van der Waals surface area contributed by atoms with E-state index in [0.29, 0.717) is 42.1 Å². The summed E-state index contributed by atoms with van der Waals surface area (Å²) >= 11 is 1.73. The maximum atomic E-state index is 13.8. The molecule has 0 aromatic heterocycles. The zero-order chi connectivity index (χ0) is 26.5. The average Bonchev–Trinajstić information content (AvgIpc) is 2.89. The highest BCUT2D eigenvalue weighted by Crippen LogP contribution is 2.46. The monoisotopic (exact) mass is 521 g/mol. The zero-order valence-corrected chi connectivity index (χ0v) is 23.0. The Labute approximate surface area is 223 Å². The fraction of sp³-hybridized carbons (Fsp3) is 0.400. The molecular formula is C30H35NO5S. The van der Waals surface area contributed by atoms with Gasteiger partial charge < -0.3 is 19.5 Å². The van der Waals surface area contributed by atoms with Crippen LogP contribution in [-0.4, -0.2) is 44.1 Å². The second-order valence-electron chi connectivity index (χ2n) is 9.38. The summed E-state index contributed by atoms with van der Waals surface area (Å²) in [6.07, 6.45) is 1.01. The van der Waals surface area contributed by atoms with Gasteiger partial charge in [-0.15, -0.1) is 0 Å². The number of methoxy groups -OCH3 is 2. The molecule has 7 heteroatoms. The molecule has 0 amide bonds. The first-order chi connectivity index (χ1) is 17.9. The number of hydrogen-bond acceptors (Lipinski definition) is 7. The summed E-state index contributed by atoms with van der Waals surface area (Å²) in [5.74, 6) is 2.22. The Balaban J connectivity index is 1.71. The number of carbonyl (C=O) groups is 2. The van der Waals surface area contributed by atoms with Gasteiger partial charge in [0.25, 0.3) is 0 Å². The number of hydrogen-bond donors (Lipinski definition) is 1. The van der Waals surface area contributed by atoms with Crippen molar-refractivity contribution >= 4 is 23.5 Å². The van der Waals surface area contributed by atoms with Crippen LogP contribution in [0.5, 0.6) is 11.5 Å². The van der Waals surface area contributed by atoms with E-state index in [1.54, 1.807) is 26.0 Å². The molecule has 0 radical (unpaired) electrons. The molecule has 196 valence electrons. The van der Waals surface area contributed by atoms with E-state index in [4.69, 9.17) is 14.2 Å². The molecule has 6 nitrogen and oxygen atoms in total. The van der Waals surface area contributed by atoms with Gasteiger partial charge in [0.2, 0.25) is 0 Å². The predicted octanol–water partition coefficient (Wildman–Crippen LogP) is 5.67. The number of nitrogens with one attached hydrogen (secondary N) is 1. The Morgan fingerprint density at radius 1 is 1.03 bits per heavy atom. The summed E-state index contributed by atoms with van der Waals surface area (Å²) in [6.45, 7) is 6.34. The van der Waals surface area contributed by atoms with E-state index in [9.17, 15) is 9.59 Å². The van der Waals surface area contributed by atoms with Crippen molar-refractivity contribution in [3.05, 3.63) is 81.7 Å². The normalized spacial score (nSPS) is 19.3. The molecule has 2 aromatic carbocycles. The van der Waals surface area contributed by atoms with Gasteiger partial charge in [-0.25, -0.2) is 4.79 Å². The molecule has 0 saturated carbocycles. The molecule has 2 aliphatic rings. The van der Waals surface area contributed by atoms with E-state index >= 15 is 0 Å². The largest absolute Gasteiger partial charge is 0.493 e. The van der Waals surface area contributed by atoms with Crippen molar-refractivity contribution in [2.45, 2.75) is 45.4 Å². The second kappa shape index (κ2) is 11.9. The summed E-state index contributed by atoms with van der Waals surface area (Å²) in [6, 6.07) is 13.9. The molecule has 1 aliphatic heterocycles. The van der Waals surface area contributed by atoms with Crippen molar-refractivity contribution in [3.8, 4) is 11.5 Å². The van der Waals surface area contributed by atoms with Crippen LogP contribution in [0.3, 0.4) is 0 Å². The van der Waals surface area contributed by atoms with Crippen LogP contribution in [0.25, 0.3) is 0 Å². The van der Waals surface area contributed by atoms with Crippen LogP contribution in [0.2, 0.25) is 0 Å². The highest BCUT2D eigenvalue weighted by molar-refractivity contribution is 7.99. The van der Waals surface area contributed by atoms with Crippen LogP contribution in [0.15, 0.2) is 65.0 Å². The van der Waals surface area contributed by atoms with E-state index in [0.717, 1.165) is 39.6 Å². The summed E-state index contributed by atoms with van der Waals surface area (Å²) in [7, 11) is 3.22. The minimum Gasteiger partial charge on any atom is -0.493 e. The third-order valence-corrected chi connectivity index (χ3v) is 7.83. The highest BCUT2D eigenvalue weighted by Gasteiger charge is 2.41. The van der Waals surface area contributed by atoms with Crippen LogP contribution >= 0.6 is 11.8 Å². The van der Waals surface area contributed by atoms with Gasteiger partial charge in [-0.3, -0.25) is 4.79 Å². The van der Waals surface area contributed by atoms with E-state index in [2.05, 4.69) is 18.3 Å². The molecule has 2 atom stereocenters. The van der Waals surface area contributed by atoms with Gasteiger partial charge in [-0.1, -0.05) is 42.8 Å². The van der Waals surface area contributed by atoms with E-state index in [-0.39, 0.29) is 17.7 Å². The van der Waals surface area contributed by atoms with Crippen LogP contribution in [0.1, 0.15) is 55.2 Å². The quantitative estimate of drug-likeness (QED) is 0.337. The lowest BCUT2D eigenvalue weighted by Crippen LogP contribution is -2.36. The molecule has 0 spiro atoms. The number of benzene rings is 2. The van der Waals surface area contributed by atoms with Gasteiger partial charge in [-0.05, 0) is 55.2 Å². The van der Waals surface area contributed by atoms with E-state index < -0.39 is 5.92 Å². The van der Waals surface area contributed by atoms with Crippen LogP contribution < -0.4 is 14.8 Å². The van der Waals surface area contributed by atoms with E-state index in [1.165, 1.54) is 0 Å². The molecular weight excluding hydrogens is 486 g/mol. The maximum absolute atomic E-state index is 13.8. The molecule has 1 aliphatic carbocycles. The number of esters is 1. The first-order valence-electron chi connectivity index (χ1n) is 12.6. The third kappa shape index (κ3) is 5.72. The number of dihydropyridines is 1.